The van der Waals surface area contributed by atoms with E-state index in [0.717, 1.165) is 33.3 Å². The van der Waals surface area contributed by atoms with Crippen LogP contribution in [0.25, 0.3) is 22.0 Å². The minimum Gasteiger partial charge on any atom is -0.487 e. The van der Waals surface area contributed by atoms with E-state index in [-0.39, 0.29) is 19.0 Å². The molecule has 2 aromatic heterocycles. The lowest BCUT2D eigenvalue weighted by molar-refractivity contribution is 0.0525. The number of hydrogen-bond donors (Lipinski definition) is 0. The lowest BCUT2D eigenvalue weighted by atomic mass is 9.96. The first-order valence-corrected chi connectivity index (χ1v) is 11.4. The number of halogens is 1. The van der Waals surface area contributed by atoms with Crippen molar-refractivity contribution in [2.45, 2.75) is 20.1 Å². The van der Waals surface area contributed by atoms with E-state index >= 15 is 0 Å². The van der Waals surface area contributed by atoms with Crippen LogP contribution in [0.3, 0.4) is 0 Å². The van der Waals surface area contributed by atoms with Crippen LogP contribution in [0.2, 0.25) is 0 Å². The number of pyridine rings is 1. The summed E-state index contributed by atoms with van der Waals surface area (Å²) in [6.45, 7) is 3.19. The maximum Gasteiger partial charge on any atom is 0.340 e. The fourth-order valence-corrected chi connectivity index (χ4v) is 4.52. The van der Waals surface area contributed by atoms with Crippen molar-refractivity contribution in [1.82, 2.24) is 14.5 Å². The van der Waals surface area contributed by atoms with Crippen molar-refractivity contribution in [2.75, 3.05) is 20.4 Å². The van der Waals surface area contributed by atoms with Gasteiger partial charge in [0.1, 0.15) is 30.7 Å². The quantitative estimate of drug-likeness (QED) is 0.369. The maximum atomic E-state index is 13.3. The molecule has 0 atom stereocenters. The van der Waals surface area contributed by atoms with Crippen LogP contribution < -0.4 is 9.47 Å². The first kappa shape index (κ1) is 22.9. The standard InChI is InChI=1S/C27H26FN3O4/c1-4-33-27(32)25-23(15-34-19-9-7-18(28)8-10-19)31(3)22-12-20(17-6-5-11-29-13-17)26-21(24(22)25)14-30(2)16-35-26/h5-13H,4,14-16H2,1-3H3. The van der Waals surface area contributed by atoms with E-state index in [1.165, 1.54) is 12.1 Å². The number of carbonyl (C=O) groups excluding carboxylic acids is 1. The number of aromatic nitrogens is 2. The highest BCUT2D eigenvalue weighted by molar-refractivity contribution is 6.09. The van der Waals surface area contributed by atoms with Crippen molar-refractivity contribution < 1.29 is 23.4 Å². The minimum atomic E-state index is -0.416. The zero-order chi connectivity index (χ0) is 24.5. The number of nitrogens with zero attached hydrogens (tertiary/aromatic N) is 3. The Kier molecular flexibility index (Phi) is 6.13. The highest BCUT2D eigenvalue weighted by Crippen LogP contribution is 2.43. The van der Waals surface area contributed by atoms with E-state index in [0.29, 0.717) is 30.3 Å². The predicted molar refractivity (Wildman–Crippen MR) is 130 cm³/mol. The second-order valence-corrected chi connectivity index (χ2v) is 8.50. The van der Waals surface area contributed by atoms with Gasteiger partial charge < -0.3 is 18.8 Å². The largest absolute Gasteiger partial charge is 0.487 e. The third kappa shape index (κ3) is 4.21. The maximum absolute atomic E-state index is 13.3. The minimum absolute atomic E-state index is 0.110. The van der Waals surface area contributed by atoms with Gasteiger partial charge in [-0.25, -0.2) is 9.18 Å². The van der Waals surface area contributed by atoms with Gasteiger partial charge in [0, 0.05) is 48.1 Å². The molecular formula is C27H26FN3O4. The van der Waals surface area contributed by atoms with Gasteiger partial charge in [0.15, 0.2) is 0 Å². The van der Waals surface area contributed by atoms with Crippen molar-refractivity contribution >= 4 is 16.9 Å². The van der Waals surface area contributed by atoms with Crippen molar-refractivity contribution in [3.63, 3.8) is 0 Å². The van der Waals surface area contributed by atoms with Gasteiger partial charge in [-0.2, -0.15) is 0 Å². The summed E-state index contributed by atoms with van der Waals surface area (Å²) in [5.41, 5.74) is 4.75. The normalized spacial score (nSPS) is 13.4. The Morgan fingerprint density at radius 3 is 2.71 bits per heavy atom. The average molecular weight is 476 g/mol. The molecule has 8 heteroatoms. The van der Waals surface area contributed by atoms with E-state index in [2.05, 4.69) is 4.98 Å². The Labute approximate surface area is 202 Å². The van der Waals surface area contributed by atoms with Crippen molar-refractivity contribution in [3.05, 3.63) is 77.5 Å². The SMILES string of the molecule is CCOC(=O)c1c(COc2ccc(F)cc2)n(C)c2cc(-c3cccnc3)c3c(c12)CN(C)CO3. The van der Waals surface area contributed by atoms with E-state index in [1.807, 2.05) is 41.8 Å². The van der Waals surface area contributed by atoms with Gasteiger partial charge in [-0.3, -0.25) is 9.88 Å². The van der Waals surface area contributed by atoms with Gasteiger partial charge in [0.25, 0.3) is 0 Å². The van der Waals surface area contributed by atoms with Crippen molar-refractivity contribution in [2.24, 2.45) is 7.05 Å². The molecule has 0 amide bonds. The van der Waals surface area contributed by atoms with Crippen molar-refractivity contribution in [1.29, 1.82) is 0 Å². The molecule has 0 aliphatic carbocycles. The summed E-state index contributed by atoms with van der Waals surface area (Å²) < 4.78 is 32.9. The summed E-state index contributed by atoms with van der Waals surface area (Å²) >= 11 is 0. The summed E-state index contributed by atoms with van der Waals surface area (Å²) in [6.07, 6.45) is 3.53. The van der Waals surface area contributed by atoms with Crippen LogP contribution in [0.15, 0.2) is 54.9 Å². The number of rotatable bonds is 6. The molecule has 0 bridgehead atoms. The second kappa shape index (κ2) is 9.38. The molecule has 0 spiro atoms. The summed E-state index contributed by atoms with van der Waals surface area (Å²) in [5.74, 6) is 0.492. The predicted octanol–water partition coefficient (Wildman–Crippen LogP) is 4.92. The molecule has 0 radical (unpaired) electrons. The topological polar surface area (TPSA) is 65.8 Å². The summed E-state index contributed by atoms with van der Waals surface area (Å²) in [5, 5.41) is 0.790. The Bertz CT molecular complexity index is 1380. The number of carbonyl (C=O) groups is 1. The first-order valence-electron chi connectivity index (χ1n) is 11.4. The molecule has 0 saturated heterocycles. The van der Waals surface area contributed by atoms with E-state index in [9.17, 15) is 9.18 Å². The van der Waals surface area contributed by atoms with E-state index < -0.39 is 5.97 Å². The molecule has 0 unspecified atom stereocenters. The van der Waals surface area contributed by atoms with Gasteiger partial charge in [0.2, 0.25) is 0 Å². The molecule has 35 heavy (non-hydrogen) atoms. The van der Waals surface area contributed by atoms with Crippen LogP contribution in [-0.2, 0) is 24.9 Å². The van der Waals surface area contributed by atoms with Crippen molar-refractivity contribution in [3.8, 4) is 22.6 Å². The van der Waals surface area contributed by atoms with Gasteiger partial charge >= 0.3 is 5.97 Å². The Hall–Kier alpha value is -3.91. The molecule has 7 nitrogen and oxygen atoms in total. The molecule has 2 aromatic carbocycles. The van der Waals surface area contributed by atoms with Gasteiger partial charge in [-0.15, -0.1) is 0 Å². The average Bonchev–Trinajstić information content (AvgIpc) is 3.15. The third-order valence-corrected chi connectivity index (χ3v) is 6.16. The Morgan fingerprint density at radius 2 is 2.00 bits per heavy atom. The number of ether oxygens (including phenoxy) is 3. The molecule has 4 aromatic rings. The first-order chi connectivity index (χ1) is 17.0. The van der Waals surface area contributed by atoms with Gasteiger partial charge in [0.05, 0.1) is 23.4 Å². The number of hydrogen-bond acceptors (Lipinski definition) is 6. The summed E-state index contributed by atoms with van der Waals surface area (Å²) in [4.78, 5) is 19.6. The summed E-state index contributed by atoms with van der Waals surface area (Å²) in [6, 6.07) is 11.7. The fourth-order valence-electron chi connectivity index (χ4n) is 4.52. The van der Waals surface area contributed by atoms with Crippen LogP contribution >= 0.6 is 0 Å². The zero-order valence-electron chi connectivity index (χ0n) is 19.9. The Balaban J connectivity index is 1.72. The molecule has 1 aliphatic heterocycles. The van der Waals surface area contributed by atoms with E-state index in [4.69, 9.17) is 14.2 Å². The molecule has 0 saturated carbocycles. The molecule has 0 N–H and O–H groups in total. The highest BCUT2D eigenvalue weighted by atomic mass is 19.1. The number of benzene rings is 2. The third-order valence-electron chi connectivity index (χ3n) is 6.16. The van der Waals surface area contributed by atoms with Crippen LogP contribution in [0, 0.1) is 5.82 Å². The van der Waals surface area contributed by atoms with E-state index in [1.54, 1.807) is 31.5 Å². The molecule has 180 valence electrons. The lowest BCUT2D eigenvalue weighted by Gasteiger charge is -2.28. The van der Waals surface area contributed by atoms with Crippen LogP contribution in [0.5, 0.6) is 11.5 Å². The van der Waals surface area contributed by atoms with Crippen LogP contribution in [-0.4, -0.2) is 40.8 Å². The summed E-state index contributed by atoms with van der Waals surface area (Å²) in [7, 11) is 3.87. The smallest absolute Gasteiger partial charge is 0.340 e. The monoisotopic (exact) mass is 475 g/mol. The van der Waals surface area contributed by atoms with Gasteiger partial charge in [-0.05, 0) is 50.4 Å². The zero-order valence-corrected chi connectivity index (χ0v) is 19.9. The molecule has 3 heterocycles. The molecular weight excluding hydrogens is 449 g/mol. The van der Waals surface area contributed by atoms with Crippen LogP contribution in [0.4, 0.5) is 4.39 Å². The number of fused-ring (bicyclic) bond motifs is 3. The van der Waals surface area contributed by atoms with Crippen LogP contribution in [0.1, 0.15) is 28.5 Å². The molecule has 5 rings (SSSR count). The highest BCUT2D eigenvalue weighted by Gasteiger charge is 2.30. The lowest BCUT2D eigenvalue weighted by Crippen LogP contribution is -2.28. The Morgan fingerprint density at radius 1 is 1.20 bits per heavy atom. The molecule has 0 fully saturated rings. The molecule has 1 aliphatic rings. The fraction of sp³-hybridized carbons (Fsp3) is 0.259. The second-order valence-electron chi connectivity index (χ2n) is 8.50. The number of esters is 1. The number of aryl methyl sites for hydroxylation is 1. The van der Waals surface area contributed by atoms with Gasteiger partial charge in [-0.1, -0.05) is 6.07 Å².